The number of nitrogens with two attached hydrogens (primary N) is 1. The SMILES string of the molecule is Cc1cc([ClH+])c(N)c2c1OC(C)(C)C2. The van der Waals surface area contributed by atoms with Gasteiger partial charge in [0.15, 0.2) is 11.6 Å². The van der Waals surface area contributed by atoms with Gasteiger partial charge in [-0.1, -0.05) is 0 Å². The smallest absolute Gasteiger partial charge is 0.249 e. The number of nitrogen functional groups attached to an aromatic ring is 1. The first-order valence-electron chi connectivity index (χ1n) is 4.69. The van der Waals surface area contributed by atoms with Crippen LogP contribution in [0.3, 0.4) is 0 Å². The highest BCUT2D eigenvalue weighted by atomic mass is 35.5. The Bertz CT molecular complexity index is 399. The van der Waals surface area contributed by atoms with Gasteiger partial charge in [0.25, 0.3) is 0 Å². The lowest BCUT2D eigenvalue weighted by Gasteiger charge is -2.17. The number of hydrogen-bond acceptors (Lipinski definition) is 2. The van der Waals surface area contributed by atoms with Crippen LogP contribution >= 0.6 is 0 Å². The average molecular weight is 213 g/mol. The van der Waals surface area contributed by atoms with Crippen molar-refractivity contribution in [3.8, 4) is 5.75 Å². The van der Waals surface area contributed by atoms with Crippen LogP contribution in [0.4, 0.5) is 5.69 Å². The molecule has 0 spiro atoms. The average Bonchev–Trinajstić information content (AvgIpc) is 2.38. The third-order valence-electron chi connectivity index (χ3n) is 2.55. The molecular weight excluding hydrogens is 198 g/mol. The van der Waals surface area contributed by atoms with E-state index < -0.39 is 0 Å². The second-order valence-electron chi connectivity index (χ2n) is 4.45. The number of aryl methyl sites for hydroxylation is 1. The fraction of sp³-hybridized carbons (Fsp3) is 0.455. The number of benzene rings is 1. The molecule has 2 nitrogen and oxygen atoms in total. The van der Waals surface area contributed by atoms with Gasteiger partial charge in [-0.2, -0.15) is 0 Å². The van der Waals surface area contributed by atoms with Crippen LogP contribution in [0.2, 0.25) is 5.02 Å². The fourth-order valence-electron chi connectivity index (χ4n) is 1.90. The summed E-state index contributed by atoms with van der Waals surface area (Å²) in [6.45, 7) is 6.14. The molecule has 0 saturated carbocycles. The van der Waals surface area contributed by atoms with E-state index in [1.807, 2.05) is 13.0 Å². The molecule has 1 heterocycles. The van der Waals surface area contributed by atoms with Gasteiger partial charge >= 0.3 is 0 Å². The lowest BCUT2D eigenvalue weighted by molar-refractivity contribution is -0.287. The van der Waals surface area contributed by atoms with Gasteiger partial charge < -0.3 is 10.5 Å². The molecule has 1 aromatic carbocycles. The van der Waals surface area contributed by atoms with Gasteiger partial charge in [-0.05, 0) is 26.3 Å². The van der Waals surface area contributed by atoms with E-state index in [1.165, 1.54) is 0 Å². The van der Waals surface area contributed by atoms with Crippen LogP contribution in [0.1, 0.15) is 25.0 Å². The largest absolute Gasteiger partial charge is 0.487 e. The van der Waals surface area contributed by atoms with Crippen LogP contribution in [-0.4, -0.2) is 5.60 Å². The zero-order valence-electron chi connectivity index (χ0n) is 8.68. The molecule has 0 aliphatic carbocycles. The van der Waals surface area contributed by atoms with Gasteiger partial charge in [0.2, 0.25) is 5.02 Å². The summed E-state index contributed by atoms with van der Waals surface area (Å²) in [6.07, 6.45) is 0.847. The molecule has 0 atom stereocenters. The van der Waals surface area contributed by atoms with E-state index in [0.717, 1.165) is 28.3 Å². The first-order valence-corrected chi connectivity index (χ1v) is 5.09. The Labute approximate surface area is 89.0 Å². The van der Waals surface area contributed by atoms with Crippen LogP contribution in [0.5, 0.6) is 5.75 Å². The van der Waals surface area contributed by atoms with Gasteiger partial charge in [0, 0.05) is 18.1 Å². The number of hydrogen-bond donors (Lipinski definition) is 1. The molecule has 0 bridgehead atoms. The minimum atomic E-state index is -0.148. The predicted octanol–water partition coefficient (Wildman–Crippen LogP) is 1.99. The van der Waals surface area contributed by atoms with Gasteiger partial charge in [-0.15, -0.1) is 0 Å². The lowest BCUT2D eigenvalue weighted by atomic mass is 9.99. The van der Waals surface area contributed by atoms with E-state index in [2.05, 4.69) is 13.8 Å². The molecule has 0 amide bonds. The van der Waals surface area contributed by atoms with Crippen molar-refractivity contribution in [1.82, 2.24) is 0 Å². The number of rotatable bonds is 0. The quantitative estimate of drug-likeness (QED) is 0.668. The van der Waals surface area contributed by atoms with Crippen molar-refractivity contribution in [3.63, 3.8) is 0 Å². The number of fused-ring (bicyclic) bond motifs is 1. The van der Waals surface area contributed by atoms with E-state index in [-0.39, 0.29) is 5.60 Å². The van der Waals surface area contributed by atoms with Crippen molar-refractivity contribution in [3.05, 3.63) is 22.2 Å². The first kappa shape index (κ1) is 9.66. The topological polar surface area (TPSA) is 35.2 Å². The Balaban J connectivity index is 2.61. The lowest BCUT2D eigenvalue weighted by Crippen LogP contribution is -2.24. The Hall–Kier alpha value is -0.890. The highest BCUT2D eigenvalue weighted by molar-refractivity contribution is 5.63. The first-order chi connectivity index (χ1) is 6.41. The molecule has 14 heavy (non-hydrogen) atoms. The maximum Gasteiger partial charge on any atom is 0.249 e. The summed E-state index contributed by atoms with van der Waals surface area (Å²) in [6, 6.07) is 1.91. The van der Waals surface area contributed by atoms with Crippen LogP contribution in [-0.2, 0) is 6.42 Å². The van der Waals surface area contributed by atoms with E-state index in [4.69, 9.17) is 22.1 Å². The van der Waals surface area contributed by atoms with Crippen LogP contribution < -0.4 is 10.5 Å². The summed E-state index contributed by atoms with van der Waals surface area (Å²) < 4.78 is 5.83. The van der Waals surface area contributed by atoms with Gasteiger partial charge in [-0.25, -0.2) is 0 Å². The van der Waals surface area contributed by atoms with E-state index in [1.54, 1.807) is 0 Å². The minimum absolute atomic E-state index is 0.148. The molecule has 2 N–H and O–H groups in total. The zero-order chi connectivity index (χ0) is 10.5. The summed E-state index contributed by atoms with van der Waals surface area (Å²) in [4.78, 5) is 0. The van der Waals surface area contributed by atoms with Crippen molar-refractivity contribution in [2.75, 3.05) is 5.73 Å². The van der Waals surface area contributed by atoms with E-state index >= 15 is 0 Å². The second kappa shape index (κ2) is 2.80. The monoisotopic (exact) mass is 212 g/mol. The fourth-order valence-corrected chi connectivity index (χ4v) is 2.20. The summed E-state index contributed by atoms with van der Waals surface area (Å²) in [5.74, 6) is 0.932. The maximum atomic E-state index is 5.94. The van der Waals surface area contributed by atoms with Crippen molar-refractivity contribution in [1.29, 1.82) is 0 Å². The summed E-state index contributed by atoms with van der Waals surface area (Å²) >= 11 is 5.18. The predicted molar refractivity (Wildman–Crippen MR) is 54.6 cm³/mol. The molecule has 76 valence electrons. The van der Waals surface area contributed by atoms with Gasteiger partial charge in [0.1, 0.15) is 17.0 Å². The van der Waals surface area contributed by atoms with Crippen molar-refractivity contribution < 1.29 is 16.3 Å². The molecule has 0 radical (unpaired) electrons. The molecule has 3 heteroatoms. The van der Waals surface area contributed by atoms with Gasteiger partial charge in [-0.3, -0.25) is 0 Å². The molecule has 0 unspecified atom stereocenters. The number of halogens is 1. The Morgan fingerprint density at radius 1 is 1.50 bits per heavy atom. The molecular formula is C11H15ClNO+. The Morgan fingerprint density at radius 2 is 2.14 bits per heavy atom. The maximum absolute atomic E-state index is 5.94. The van der Waals surface area contributed by atoms with Crippen LogP contribution in [0.15, 0.2) is 6.07 Å². The molecule has 0 fully saturated rings. The van der Waals surface area contributed by atoms with E-state index in [9.17, 15) is 0 Å². The van der Waals surface area contributed by atoms with Crippen molar-refractivity contribution in [2.24, 2.45) is 0 Å². The molecule has 0 saturated heterocycles. The summed E-state index contributed by atoms with van der Waals surface area (Å²) in [7, 11) is 0. The summed E-state index contributed by atoms with van der Waals surface area (Å²) in [5.41, 5.74) is 8.68. The van der Waals surface area contributed by atoms with Crippen molar-refractivity contribution >= 4 is 5.69 Å². The molecule has 1 aliphatic rings. The van der Waals surface area contributed by atoms with Crippen molar-refractivity contribution in [2.45, 2.75) is 32.8 Å². The highest BCUT2D eigenvalue weighted by Crippen LogP contribution is 2.42. The molecule has 1 aliphatic heterocycles. The highest BCUT2D eigenvalue weighted by Gasteiger charge is 2.34. The third-order valence-corrected chi connectivity index (χ3v) is 2.89. The molecule has 1 aromatic rings. The number of anilines is 1. The normalized spacial score (nSPS) is 17.7. The third kappa shape index (κ3) is 1.34. The Morgan fingerprint density at radius 3 is 2.79 bits per heavy atom. The van der Waals surface area contributed by atoms with Crippen LogP contribution in [0, 0.1) is 18.5 Å². The van der Waals surface area contributed by atoms with E-state index in [0.29, 0.717) is 5.69 Å². The standard InChI is InChI=1S/C11H15ClNO/c1-6-4-8(12)9(13)7-5-11(2,3)14-10(6)7/h4,12H,5,13H2,1-3H3/q+1. The zero-order valence-corrected chi connectivity index (χ0v) is 9.49. The summed E-state index contributed by atoms with van der Waals surface area (Å²) in [5, 5.41) is 0.738. The number of ether oxygens (including phenoxy) is 1. The van der Waals surface area contributed by atoms with Gasteiger partial charge in [0.05, 0.1) is 0 Å². The molecule has 0 aromatic heterocycles. The molecule has 2 rings (SSSR count). The Kier molecular flexibility index (Phi) is 1.93. The minimum Gasteiger partial charge on any atom is -0.487 e. The second-order valence-corrected chi connectivity index (χ2v) is 4.89. The van der Waals surface area contributed by atoms with Crippen LogP contribution in [0.25, 0.3) is 0 Å².